The van der Waals surface area contributed by atoms with Crippen LogP contribution in [0.1, 0.15) is 0 Å². The van der Waals surface area contributed by atoms with Crippen LogP contribution < -0.4 is 10.1 Å². The maximum atomic E-state index is 5.52. The summed E-state index contributed by atoms with van der Waals surface area (Å²) in [5, 5.41) is 2.99. The number of rotatable bonds is 2. The Balaban J connectivity index is 1.99. The predicted octanol–water partition coefficient (Wildman–Crippen LogP) is 2.23. The highest BCUT2D eigenvalue weighted by molar-refractivity contribution is 5.26. The van der Waals surface area contributed by atoms with Gasteiger partial charge in [-0.3, -0.25) is 0 Å². The van der Waals surface area contributed by atoms with Gasteiger partial charge in [0.1, 0.15) is 5.75 Å². The van der Waals surface area contributed by atoms with Crippen LogP contribution in [0.25, 0.3) is 0 Å². The molecule has 1 aliphatic heterocycles. The monoisotopic (exact) mass is 172 g/mol. The summed E-state index contributed by atoms with van der Waals surface area (Å²) in [7, 11) is 0. The van der Waals surface area contributed by atoms with Crippen molar-refractivity contribution in [2.45, 2.75) is 0 Å². The van der Waals surface area contributed by atoms with E-state index in [4.69, 9.17) is 4.74 Å². The lowest BCUT2D eigenvalue weighted by molar-refractivity contribution is 0.331. The fourth-order valence-electron chi connectivity index (χ4n) is 1.06. The van der Waals surface area contributed by atoms with E-state index in [1.165, 1.54) is 0 Å². The highest BCUT2D eigenvalue weighted by atomic mass is 16.5. The SMILES string of the molecule is C1=CN[C](Oc2ccccc2)C=C1. The van der Waals surface area contributed by atoms with E-state index in [9.17, 15) is 0 Å². The van der Waals surface area contributed by atoms with E-state index in [0.717, 1.165) is 12.0 Å². The molecule has 0 amide bonds. The number of nitrogens with one attached hydrogen (secondary N) is 1. The molecule has 13 heavy (non-hydrogen) atoms. The van der Waals surface area contributed by atoms with Gasteiger partial charge in [-0.2, -0.15) is 0 Å². The number of allylic oxidation sites excluding steroid dienone is 2. The Labute approximate surface area is 77.5 Å². The summed E-state index contributed by atoms with van der Waals surface area (Å²) < 4.78 is 5.52. The first-order valence-electron chi connectivity index (χ1n) is 4.15. The molecule has 2 rings (SSSR count). The lowest BCUT2D eigenvalue weighted by Crippen LogP contribution is -2.20. The van der Waals surface area contributed by atoms with Crippen molar-refractivity contribution in [3.63, 3.8) is 0 Å². The van der Waals surface area contributed by atoms with E-state index in [0.29, 0.717) is 0 Å². The molecule has 2 heteroatoms. The molecular formula is C11H10NO. The number of benzene rings is 1. The highest BCUT2D eigenvalue weighted by Gasteiger charge is 2.06. The van der Waals surface area contributed by atoms with E-state index in [1.54, 1.807) is 0 Å². The van der Waals surface area contributed by atoms with Gasteiger partial charge in [0.25, 0.3) is 6.23 Å². The zero-order valence-corrected chi connectivity index (χ0v) is 7.10. The van der Waals surface area contributed by atoms with Crippen molar-refractivity contribution in [1.82, 2.24) is 5.32 Å². The second kappa shape index (κ2) is 3.81. The molecule has 2 nitrogen and oxygen atoms in total. The molecule has 0 bridgehead atoms. The van der Waals surface area contributed by atoms with Crippen LogP contribution in [-0.4, -0.2) is 0 Å². The molecule has 1 N–H and O–H groups in total. The summed E-state index contributed by atoms with van der Waals surface area (Å²) in [5.41, 5.74) is 0. The summed E-state index contributed by atoms with van der Waals surface area (Å²) in [6.45, 7) is 0. The fourth-order valence-corrected chi connectivity index (χ4v) is 1.06. The molecule has 0 spiro atoms. The van der Waals surface area contributed by atoms with Gasteiger partial charge in [0.15, 0.2) is 0 Å². The van der Waals surface area contributed by atoms with Crippen molar-refractivity contribution in [3.8, 4) is 5.75 Å². The number of dihydropyridines is 1. The summed E-state index contributed by atoms with van der Waals surface area (Å²) in [6, 6.07) is 9.68. The Bertz CT molecular complexity index is 316. The van der Waals surface area contributed by atoms with Crippen LogP contribution in [0.5, 0.6) is 5.75 Å². The number of hydrogen-bond donors (Lipinski definition) is 1. The van der Waals surface area contributed by atoms with Crippen LogP contribution in [0.3, 0.4) is 0 Å². The first kappa shape index (κ1) is 7.92. The average molecular weight is 172 g/mol. The van der Waals surface area contributed by atoms with E-state index in [2.05, 4.69) is 5.32 Å². The van der Waals surface area contributed by atoms with Gasteiger partial charge in [0.2, 0.25) is 0 Å². The third kappa shape index (κ3) is 2.12. The van der Waals surface area contributed by atoms with Crippen LogP contribution in [0.4, 0.5) is 0 Å². The lowest BCUT2D eigenvalue weighted by atomic mass is 10.3. The number of ether oxygens (including phenoxy) is 1. The third-order valence-corrected chi connectivity index (χ3v) is 1.65. The standard InChI is InChI=1S/C11H10NO/c1-2-6-10(7-3-1)13-11-8-4-5-9-12-11/h1-9,12H. The minimum absolute atomic E-state index is 0.744. The van der Waals surface area contributed by atoms with Crippen molar-refractivity contribution in [3.05, 3.63) is 61.0 Å². The van der Waals surface area contributed by atoms with Crippen LogP contribution in [0.2, 0.25) is 0 Å². The molecule has 0 atom stereocenters. The zero-order valence-electron chi connectivity index (χ0n) is 7.10. The fraction of sp³-hybridized carbons (Fsp3) is 0. The van der Waals surface area contributed by atoms with Gasteiger partial charge in [-0.15, -0.1) is 0 Å². The molecule has 0 saturated heterocycles. The van der Waals surface area contributed by atoms with Crippen LogP contribution >= 0.6 is 0 Å². The molecule has 0 fully saturated rings. The molecule has 1 heterocycles. The lowest BCUT2D eigenvalue weighted by Gasteiger charge is -2.15. The van der Waals surface area contributed by atoms with Crippen molar-refractivity contribution in [2.24, 2.45) is 0 Å². The molecule has 1 aliphatic rings. The molecule has 1 aromatic carbocycles. The van der Waals surface area contributed by atoms with E-state index in [-0.39, 0.29) is 0 Å². The molecular weight excluding hydrogens is 162 g/mol. The van der Waals surface area contributed by atoms with Crippen LogP contribution in [0, 0.1) is 6.23 Å². The highest BCUT2D eigenvalue weighted by Crippen LogP contribution is 2.14. The molecule has 1 radical (unpaired) electrons. The maximum absolute atomic E-state index is 5.52. The average Bonchev–Trinajstić information content (AvgIpc) is 2.21. The largest absolute Gasteiger partial charge is 0.458 e. The van der Waals surface area contributed by atoms with Crippen LogP contribution in [0.15, 0.2) is 54.8 Å². The molecule has 65 valence electrons. The summed E-state index contributed by atoms with van der Waals surface area (Å²) in [6.07, 6.45) is 8.30. The Hall–Kier alpha value is -1.70. The molecule has 0 aromatic heterocycles. The van der Waals surface area contributed by atoms with E-state index in [1.807, 2.05) is 54.8 Å². The van der Waals surface area contributed by atoms with Crippen molar-refractivity contribution < 1.29 is 4.74 Å². The minimum atomic E-state index is 0.744. The van der Waals surface area contributed by atoms with Crippen LogP contribution in [-0.2, 0) is 0 Å². The Morgan fingerprint density at radius 2 is 1.85 bits per heavy atom. The van der Waals surface area contributed by atoms with Crippen molar-refractivity contribution in [1.29, 1.82) is 0 Å². The summed E-state index contributed by atoms with van der Waals surface area (Å²) >= 11 is 0. The van der Waals surface area contributed by atoms with Gasteiger partial charge in [-0.1, -0.05) is 24.3 Å². The third-order valence-electron chi connectivity index (χ3n) is 1.65. The molecule has 0 aliphatic carbocycles. The Kier molecular flexibility index (Phi) is 2.32. The first-order chi connectivity index (χ1) is 6.45. The Morgan fingerprint density at radius 3 is 2.54 bits per heavy atom. The second-order valence-corrected chi connectivity index (χ2v) is 2.64. The molecule has 0 unspecified atom stereocenters. The maximum Gasteiger partial charge on any atom is 0.263 e. The number of para-hydroxylation sites is 1. The topological polar surface area (TPSA) is 21.3 Å². The number of hydrogen-bond acceptors (Lipinski definition) is 2. The summed E-state index contributed by atoms with van der Waals surface area (Å²) in [4.78, 5) is 0. The Morgan fingerprint density at radius 1 is 1.00 bits per heavy atom. The first-order valence-corrected chi connectivity index (χ1v) is 4.15. The smallest absolute Gasteiger partial charge is 0.263 e. The molecule has 1 aromatic rings. The van der Waals surface area contributed by atoms with Gasteiger partial charge < -0.3 is 10.1 Å². The predicted molar refractivity (Wildman–Crippen MR) is 51.7 cm³/mol. The van der Waals surface area contributed by atoms with Gasteiger partial charge in [-0.05, 0) is 24.3 Å². The van der Waals surface area contributed by atoms with E-state index >= 15 is 0 Å². The van der Waals surface area contributed by atoms with Gasteiger partial charge in [0, 0.05) is 6.20 Å². The second-order valence-electron chi connectivity index (χ2n) is 2.64. The van der Waals surface area contributed by atoms with E-state index < -0.39 is 0 Å². The van der Waals surface area contributed by atoms with Gasteiger partial charge >= 0.3 is 0 Å². The quantitative estimate of drug-likeness (QED) is 0.738. The zero-order chi connectivity index (χ0) is 8.93. The van der Waals surface area contributed by atoms with Crippen molar-refractivity contribution in [2.75, 3.05) is 0 Å². The van der Waals surface area contributed by atoms with Gasteiger partial charge in [-0.25, -0.2) is 0 Å². The molecule has 0 saturated carbocycles. The summed E-state index contributed by atoms with van der Waals surface area (Å²) in [5.74, 6) is 0.838. The van der Waals surface area contributed by atoms with Gasteiger partial charge in [0.05, 0.1) is 0 Å². The minimum Gasteiger partial charge on any atom is -0.458 e. The van der Waals surface area contributed by atoms with Crippen molar-refractivity contribution >= 4 is 0 Å². The normalized spacial score (nSPS) is 15.4.